The molecule has 1 N–H and O–H groups in total. The van der Waals surface area contributed by atoms with E-state index >= 15 is 0 Å². The molecule has 0 unspecified atom stereocenters. The van der Waals surface area contributed by atoms with Crippen molar-refractivity contribution in [2.24, 2.45) is 0 Å². The Hall–Kier alpha value is -1.74. The van der Waals surface area contributed by atoms with Gasteiger partial charge < -0.3 is 10.1 Å². The third kappa shape index (κ3) is 4.14. The molecule has 0 aliphatic carbocycles. The van der Waals surface area contributed by atoms with Crippen LogP contribution < -0.4 is 10.1 Å². The van der Waals surface area contributed by atoms with Crippen molar-refractivity contribution in [3.05, 3.63) is 53.3 Å². The fraction of sp³-hybridized carbons (Fsp3) is 0.267. The van der Waals surface area contributed by atoms with Crippen LogP contribution in [0.5, 0.6) is 5.75 Å². The van der Waals surface area contributed by atoms with Gasteiger partial charge in [0.2, 0.25) is 0 Å². The third-order valence-electron chi connectivity index (χ3n) is 2.59. The van der Waals surface area contributed by atoms with Gasteiger partial charge in [-0.05, 0) is 36.8 Å². The maximum absolute atomic E-state index is 6.17. The van der Waals surface area contributed by atoms with Crippen LogP contribution in [0.1, 0.15) is 19.0 Å². The molecule has 0 saturated heterocycles. The van der Waals surface area contributed by atoms with Gasteiger partial charge in [0.25, 0.3) is 0 Å². The van der Waals surface area contributed by atoms with Gasteiger partial charge in [-0.3, -0.25) is 4.98 Å². The van der Waals surface area contributed by atoms with E-state index in [4.69, 9.17) is 16.3 Å². The molecule has 0 bridgehead atoms. The van der Waals surface area contributed by atoms with Gasteiger partial charge in [0.1, 0.15) is 5.75 Å². The van der Waals surface area contributed by atoms with E-state index in [9.17, 15) is 0 Å². The SMILES string of the molecule is CCCOc1ccc(NCc2ccccn2)cc1Cl. The van der Waals surface area contributed by atoms with Crippen molar-refractivity contribution in [3.63, 3.8) is 0 Å². The molecule has 2 aromatic rings. The number of pyridine rings is 1. The monoisotopic (exact) mass is 276 g/mol. The summed E-state index contributed by atoms with van der Waals surface area (Å²) in [6.07, 6.45) is 2.75. The fourth-order valence-electron chi connectivity index (χ4n) is 1.64. The van der Waals surface area contributed by atoms with E-state index in [1.165, 1.54) is 0 Å². The zero-order valence-electron chi connectivity index (χ0n) is 10.9. The molecule has 0 radical (unpaired) electrons. The first-order chi connectivity index (χ1) is 9.29. The van der Waals surface area contributed by atoms with Gasteiger partial charge in [-0.2, -0.15) is 0 Å². The lowest BCUT2D eigenvalue weighted by molar-refractivity contribution is 0.317. The third-order valence-corrected chi connectivity index (χ3v) is 2.89. The van der Waals surface area contributed by atoms with Gasteiger partial charge in [0.05, 0.1) is 23.9 Å². The number of anilines is 1. The van der Waals surface area contributed by atoms with Crippen molar-refractivity contribution in [1.29, 1.82) is 0 Å². The molecule has 4 heteroatoms. The van der Waals surface area contributed by atoms with Crippen molar-refractivity contribution in [2.45, 2.75) is 19.9 Å². The molecule has 3 nitrogen and oxygen atoms in total. The molecular formula is C15H17ClN2O. The Balaban J connectivity index is 1.96. The zero-order valence-corrected chi connectivity index (χ0v) is 11.7. The minimum absolute atomic E-state index is 0.625. The predicted molar refractivity (Wildman–Crippen MR) is 78.8 cm³/mol. The molecule has 100 valence electrons. The molecule has 19 heavy (non-hydrogen) atoms. The summed E-state index contributed by atoms with van der Waals surface area (Å²) in [4.78, 5) is 4.25. The number of rotatable bonds is 6. The lowest BCUT2D eigenvalue weighted by Crippen LogP contribution is -2.01. The average Bonchev–Trinajstić information content (AvgIpc) is 2.45. The minimum atomic E-state index is 0.625. The summed E-state index contributed by atoms with van der Waals surface area (Å²) in [6.45, 7) is 3.42. The average molecular weight is 277 g/mol. The second-order valence-corrected chi connectivity index (χ2v) is 4.58. The molecule has 0 atom stereocenters. The summed E-state index contributed by atoms with van der Waals surface area (Å²) in [5, 5.41) is 3.91. The highest BCUT2D eigenvalue weighted by Crippen LogP contribution is 2.27. The number of hydrogen-bond acceptors (Lipinski definition) is 3. The largest absolute Gasteiger partial charge is 0.492 e. The quantitative estimate of drug-likeness (QED) is 0.861. The minimum Gasteiger partial charge on any atom is -0.492 e. The summed E-state index contributed by atoms with van der Waals surface area (Å²) in [5.41, 5.74) is 1.95. The first-order valence-corrected chi connectivity index (χ1v) is 6.73. The summed E-state index contributed by atoms with van der Waals surface area (Å²) >= 11 is 6.17. The van der Waals surface area contributed by atoms with E-state index < -0.39 is 0 Å². The molecular weight excluding hydrogens is 260 g/mol. The van der Waals surface area contributed by atoms with E-state index in [1.54, 1.807) is 6.20 Å². The van der Waals surface area contributed by atoms with Crippen LogP contribution in [0.15, 0.2) is 42.6 Å². The number of benzene rings is 1. The molecule has 2 rings (SSSR count). The highest BCUT2D eigenvalue weighted by molar-refractivity contribution is 6.32. The van der Waals surface area contributed by atoms with Crippen molar-refractivity contribution < 1.29 is 4.74 Å². The molecule has 0 fully saturated rings. The molecule has 0 spiro atoms. The van der Waals surface area contributed by atoms with Gasteiger partial charge in [0.15, 0.2) is 0 Å². The molecule has 0 aliphatic heterocycles. The van der Waals surface area contributed by atoms with Crippen LogP contribution in [0, 0.1) is 0 Å². The zero-order chi connectivity index (χ0) is 13.5. The Morgan fingerprint density at radius 2 is 2.16 bits per heavy atom. The lowest BCUT2D eigenvalue weighted by Gasteiger charge is -2.10. The maximum Gasteiger partial charge on any atom is 0.138 e. The normalized spacial score (nSPS) is 10.2. The summed E-state index contributed by atoms with van der Waals surface area (Å²) in [7, 11) is 0. The Morgan fingerprint density at radius 1 is 1.26 bits per heavy atom. The molecule has 1 aromatic heterocycles. The van der Waals surface area contributed by atoms with Crippen LogP contribution in [-0.2, 0) is 6.54 Å². The highest BCUT2D eigenvalue weighted by Gasteiger charge is 2.03. The Morgan fingerprint density at radius 3 is 2.84 bits per heavy atom. The first kappa shape index (κ1) is 13.7. The van der Waals surface area contributed by atoms with Crippen molar-refractivity contribution in [2.75, 3.05) is 11.9 Å². The number of hydrogen-bond donors (Lipinski definition) is 1. The summed E-state index contributed by atoms with van der Waals surface area (Å²) < 4.78 is 5.53. The molecule has 0 aliphatic rings. The van der Waals surface area contributed by atoms with E-state index in [1.807, 2.05) is 36.4 Å². The van der Waals surface area contributed by atoms with E-state index in [2.05, 4.69) is 17.2 Å². The van der Waals surface area contributed by atoms with Crippen LogP contribution in [0.4, 0.5) is 5.69 Å². The number of nitrogens with zero attached hydrogens (tertiary/aromatic N) is 1. The number of aromatic nitrogens is 1. The fourth-order valence-corrected chi connectivity index (χ4v) is 1.87. The molecule has 1 aromatic carbocycles. The number of nitrogens with one attached hydrogen (secondary N) is 1. The van der Waals surface area contributed by atoms with Crippen LogP contribution in [0.3, 0.4) is 0 Å². The van der Waals surface area contributed by atoms with Gasteiger partial charge in [0, 0.05) is 11.9 Å². The van der Waals surface area contributed by atoms with Crippen LogP contribution >= 0.6 is 11.6 Å². The topological polar surface area (TPSA) is 34.1 Å². The summed E-state index contributed by atoms with van der Waals surface area (Å²) in [5.74, 6) is 0.729. The Labute approximate surface area is 118 Å². The number of halogens is 1. The van der Waals surface area contributed by atoms with E-state index in [0.717, 1.165) is 23.6 Å². The van der Waals surface area contributed by atoms with Gasteiger partial charge in [-0.15, -0.1) is 0 Å². The van der Waals surface area contributed by atoms with Gasteiger partial charge >= 0.3 is 0 Å². The molecule has 1 heterocycles. The van der Waals surface area contributed by atoms with Gasteiger partial charge in [-0.1, -0.05) is 24.6 Å². The van der Waals surface area contributed by atoms with E-state index in [-0.39, 0.29) is 0 Å². The maximum atomic E-state index is 6.17. The van der Waals surface area contributed by atoms with Gasteiger partial charge in [-0.25, -0.2) is 0 Å². The first-order valence-electron chi connectivity index (χ1n) is 6.35. The van der Waals surface area contributed by atoms with Crippen LogP contribution in [-0.4, -0.2) is 11.6 Å². The van der Waals surface area contributed by atoms with Crippen LogP contribution in [0.2, 0.25) is 5.02 Å². The van der Waals surface area contributed by atoms with E-state index in [0.29, 0.717) is 18.2 Å². The smallest absolute Gasteiger partial charge is 0.138 e. The predicted octanol–water partition coefficient (Wildman–Crippen LogP) is 4.14. The second-order valence-electron chi connectivity index (χ2n) is 4.17. The molecule has 0 amide bonds. The Kier molecular flexibility index (Phi) is 5.04. The summed E-state index contributed by atoms with van der Waals surface area (Å²) in [6, 6.07) is 11.6. The Bertz CT molecular complexity index is 517. The lowest BCUT2D eigenvalue weighted by atomic mass is 10.3. The van der Waals surface area contributed by atoms with Crippen molar-refractivity contribution in [3.8, 4) is 5.75 Å². The van der Waals surface area contributed by atoms with Crippen molar-refractivity contribution in [1.82, 2.24) is 4.98 Å². The second kappa shape index (κ2) is 7.00. The highest BCUT2D eigenvalue weighted by atomic mass is 35.5. The molecule has 0 saturated carbocycles. The van der Waals surface area contributed by atoms with Crippen molar-refractivity contribution >= 4 is 17.3 Å². The van der Waals surface area contributed by atoms with Crippen LogP contribution in [0.25, 0.3) is 0 Å². The standard InChI is InChI=1S/C15H17ClN2O/c1-2-9-19-15-7-6-12(10-14(15)16)18-11-13-5-3-4-8-17-13/h3-8,10,18H,2,9,11H2,1H3. The number of ether oxygens (including phenoxy) is 1.